The van der Waals surface area contributed by atoms with E-state index in [1.54, 1.807) is 6.42 Å². The summed E-state index contributed by atoms with van der Waals surface area (Å²) in [7, 11) is 0. The number of carbonyl (C=O) groups is 1. The second kappa shape index (κ2) is 12.2. The van der Waals surface area contributed by atoms with Crippen LogP contribution in [0.1, 0.15) is 96.8 Å². The summed E-state index contributed by atoms with van der Waals surface area (Å²) in [6.45, 7) is 2.24. The fourth-order valence-electron chi connectivity index (χ4n) is 2.89. The lowest BCUT2D eigenvalue weighted by molar-refractivity contribution is -0.145. The molecule has 2 heteroatoms. The zero-order valence-electron chi connectivity index (χ0n) is 13.4. The molecule has 20 heavy (non-hydrogen) atoms. The van der Waals surface area contributed by atoms with Gasteiger partial charge in [-0.2, -0.15) is 0 Å². The Hall–Kier alpha value is -0.530. The van der Waals surface area contributed by atoms with E-state index in [2.05, 4.69) is 6.92 Å². The van der Waals surface area contributed by atoms with Crippen LogP contribution in [0.4, 0.5) is 0 Å². The predicted molar refractivity (Wildman–Crippen MR) is 84.5 cm³/mol. The summed E-state index contributed by atoms with van der Waals surface area (Å²) in [6.07, 6.45) is 19.1. The quantitative estimate of drug-likeness (QED) is 0.296. The molecule has 0 aromatic heterocycles. The van der Waals surface area contributed by atoms with Crippen LogP contribution in [-0.4, -0.2) is 12.1 Å². The Morgan fingerprint density at radius 1 is 0.950 bits per heavy atom. The maximum atomic E-state index is 11.7. The molecule has 0 saturated heterocycles. The number of ether oxygens (including phenoxy) is 1. The van der Waals surface area contributed by atoms with Crippen molar-refractivity contribution in [2.24, 2.45) is 0 Å². The molecular weight excluding hydrogens is 248 g/mol. The highest BCUT2D eigenvalue weighted by molar-refractivity contribution is 5.78. The van der Waals surface area contributed by atoms with Crippen LogP contribution in [0.2, 0.25) is 0 Å². The van der Waals surface area contributed by atoms with Crippen molar-refractivity contribution >= 4 is 5.97 Å². The topological polar surface area (TPSA) is 26.3 Å². The van der Waals surface area contributed by atoms with E-state index >= 15 is 0 Å². The molecule has 0 N–H and O–H groups in total. The van der Waals surface area contributed by atoms with Gasteiger partial charge in [0, 0.05) is 0 Å². The molecule has 0 unspecified atom stereocenters. The average molecular weight is 281 g/mol. The second-order valence-corrected chi connectivity index (χ2v) is 6.16. The smallest absolute Gasteiger partial charge is 0.310 e. The Kier molecular flexibility index (Phi) is 10.7. The third kappa shape index (κ3) is 9.39. The van der Waals surface area contributed by atoms with Gasteiger partial charge in [-0.1, -0.05) is 64.7 Å². The fraction of sp³-hybridized carbons (Fsp3) is 0.889. The summed E-state index contributed by atoms with van der Waals surface area (Å²) in [6, 6.07) is 0. The number of hydrogen-bond acceptors (Lipinski definition) is 2. The van der Waals surface area contributed by atoms with Gasteiger partial charge in [-0.25, -0.2) is 0 Å². The molecule has 117 valence electrons. The standard InChI is InChI=1S/C18H33O2/c1-2-3-4-5-6-7-8-13-16-18(19)20-17-14-11-9-10-12-15-17/h16-17H,2-15H2,1H3. The normalized spacial score (nSPS) is 16.9. The minimum atomic E-state index is -0.0807. The van der Waals surface area contributed by atoms with Crippen LogP contribution in [0.3, 0.4) is 0 Å². The lowest BCUT2D eigenvalue weighted by atomic mass is 10.1. The van der Waals surface area contributed by atoms with Crippen molar-refractivity contribution in [2.75, 3.05) is 0 Å². The van der Waals surface area contributed by atoms with E-state index < -0.39 is 0 Å². The highest BCUT2D eigenvalue weighted by atomic mass is 16.5. The minimum absolute atomic E-state index is 0.0807. The van der Waals surface area contributed by atoms with Gasteiger partial charge in [-0.05, 0) is 32.1 Å². The van der Waals surface area contributed by atoms with E-state index in [4.69, 9.17) is 4.74 Å². The van der Waals surface area contributed by atoms with Crippen LogP contribution in [0.25, 0.3) is 0 Å². The van der Waals surface area contributed by atoms with Crippen LogP contribution in [-0.2, 0) is 9.53 Å². The molecule has 1 aliphatic rings. The van der Waals surface area contributed by atoms with Crippen molar-refractivity contribution in [2.45, 2.75) is 103 Å². The second-order valence-electron chi connectivity index (χ2n) is 6.16. The molecular formula is C18H33O2. The van der Waals surface area contributed by atoms with Gasteiger partial charge < -0.3 is 4.74 Å². The van der Waals surface area contributed by atoms with Gasteiger partial charge in [0.25, 0.3) is 0 Å². The Balaban J connectivity index is 1.91. The first-order valence-corrected chi connectivity index (χ1v) is 8.86. The number of unbranched alkanes of at least 4 members (excludes halogenated alkanes) is 7. The van der Waals surface area contributed by atoms with Gasteiger partial charge in [0.05, 0.1) is 6.42 Å². The summed E-state index contributed by atoms with van der Waals surface area (Å²) in [5.74, 6) is -0.0807. The molecule has 0 aromatic rings. The molecule has 1 radical (unpaired) electrons. The number of rotatable bonds is 10. The molecule has 0 aromatic carbocycles. The van der Waals surface area contributed by atoms with Gasteiger partial charge in [0.1, 0.15) is 6.10 Å². The van der Waals surface area contributed by atoms with Crippen molar-refractivity contribution in [3.63, 3.8) is 0 Å². The molecule has 1 rings (SSSR count). The predicted octanol–water partition coefficient (Wildman–Crippen LogP) is 5.60. The van der Waals surface area contributed by atoms with E-state index in [1.807, 2.05) is 0 Å². The maximum absolute atomic E-state index is 11.7. The van der Waals surface area contributed by atoms with Gasteiger partial charge >= 0.3 is 5.97 Å². The Morgan fingerprint density at radius 3 is 2.20 bits per heavy atom. The molecule has 0 spiro atoms. The van der Waals surface area contributed by atoms with E-state index in [-0.39, 0.29) is 12.1 Å². The van der Waals surface area contributed by atoms with E-state index in [0.717, 1.165) is 25.7 Å². The summed E-state index contributed by atoms with van der Waals surface area (Å²) in [5, 5.41) is 0. The summed E-state index contributed by atoms with van der Waals surface area (Å²) in [4.78, 5) is 11.7. The van der Waals surface area contributed by atoms with Gasteiger partial charge in [-0.3, -0.25) is 4.79 Å². The van der Waals surface area contributed by atoms with Crippen LogP contribution in [0.15, 0.2) is 0 Å². The Bertz CT molecular complexity index is 230. The SMILES string of the molecule is CCCCCCCCC[CH]C(=O)OC1CCCCCC1. The fourth-order valence-corrected chi connectivity index (χ4v) is 2.89. The Morgan fingerprint density at radius 2 is 1.55 bits per heavy atom. The van der Waals surface area contributed by atoms with Crippen molar-refractivity contribution in [3.8, 4) is 0 Å². The summed E-state index contributed by atoms with van der Waals surface area (Å²) >= 11 is 0. The lowest BCUT2D eigenvalue weighted by Crippen LogP contribution is -2.17. The van der Waals surface area contributed by atoms with Gasteiger partial charge in [0.15, 0.2) is 0 Å². The van der Waals surface area contributed by atoms with Crippen molar-refractivity contribution in [1.29, 1.82) is 0 Å². The van der Waals surface area contributed by atoms with Crippen LogP contribution >= 0.6 is 0 Å². The Labute approximate surface area is 125 Å². The maximum Gasteiger partial charge on any atom is 0.310 e. The van der Waals surface area contributed by atoms with E-state index in [0.29, 0.717) is 0 Å². The first kappa shape index (κ1) is 17.5. The third-order valence-electron chi connectivity index (χ3n) is 4.20. The summed E-state index contributed by atoms with van der Waals surface area (Å²) < 4.78 is 5.54. The minimum Gasteiger partial charge on any atom is -0.462 e. The van der Waals surface area contributed by atoms with Crippen LogP contribution < -0.4 is 0 Å². The molecule has 1 fully saturated rings. The van der Waals surface area contributed by atoms with Crippen LogP contribution in [0, 0.1) is 6.42 Å². The molecule has 0 atom stereocenters. The average Bonchev–Trinajstić information content (AvgIpc) is 2.70. The van der Waals surface area contributed by atoms with Crippen molar-refractivity contribution in [3.05, 3.63) is 6.42 Å². The molecule has 0 amide bonds. The largest absolute Gasteiger partial charge is 0.462 e. The molecule has 1 aliphatic carbocycles. The van der Waals surface area contributed by atoms with E-state index in [9.17, 15) is 4.79 Å². The molecule has 0 bridgehead atoms. The monoisotopic (exact) mass is 281 g/mol. The van der Waals surface area contributed by atoms with Crippen molar-refractivity contribution in [1.82, 2.24) is 0 Å². The zero-order chi connectivity index (χ0) is 14.5. The highest BCUT2D eigenvalue weighted by Gasteiger charge is 2.16. The summed E-state index contributed by atoms with van der Waals surface area (Å²) in [5.41, 5.74) is 0. The number of carbonyl (C=O) groups excluding carboxylic acids is 1. The molecule has 0 aliphatic heterocycles. The van der Waals surface area contributed by atoms with Crippen LogP contribution in [0.5, 0.6) is 0 Å². The molecule has 1 saturated carbocycles. The van der Waals surface area contributed by atoms with Gasteiger partial charge in [0.2, 0.25) is 0 Å². The molecule has 2 nitrogen and oxygen atoms in total. The first-order valence-electron chi connectivity index (χ1n) is 8.86. The van der Waals surface area contributed by atoms with Gasteiger partial charge in [-0.15, -0.1) is 0 Å². The number of esters is 1. The van der Waals surface area contributed by atoms with E-state index in [1.165, 1.54) is 64.2 Å². The lowest BCUT2D eigenvalue weighted by Gasteiger charge is -2.15. The first-order chi connectivity index (χ1) is 9.83. The van der Waals surface area contributed by atoms with Crippen molar-refractivity contribution < 1.29 is 9.53 Å². The molecule has 0 heterocycles. The zero-order valence-corrected chi connectivity index (χ0v) is 13.4. The third-order valence-corrected chi connectivity index (χ3v) is 4.20. The highest BCUT2D eigenvalue weighted by Crippen LogP contribution is 2.20. The number of hydrogen-bond donors (Lipinski definition) is 0.